The zero-order chi connectivity index (χ0) is 26.1. The van der Waals surface area contributed by atoms with Gasteiger partial charge >= 0.3 is 0 Å². The molecule has 1 aromatic heterocycles. The van der Waals surface area contributed by atoms with E-state index < -0.39 is 0 Å². The number of carbonyl (C=O) groups excluding carboxylic acids is 2. The Bertz CT molecular complexity index is 1310. The van der Waals surface area contributed by atoms with Crippen LogP contribution >= 0.6 is 23.2 Å². The van der Waals surface area contributed by atoms with Crippen LogP contribution in [0.2, 0.25) is 10.0 Å². The molecule has 192 valence electrons. The van der Waals surface area contributed by atoms with Gasteiger partial charge < -0.3 is 25.8 Å². The molecule has 0 saturated carbocycles. The van der Waals surface area contributed by atoms with E-state index in [1.807, 2.05) is 36.2 Å². The standard InChI is InChI=1S/C25H26Cl2N8O2/c1-32-15-35(22-19(26)3-2-4-20(22)27)24(37)18-14-29-25(31-23(18)32)30-16-5-7-17(8-6-16)33-9-11-34(12-10-33)21(36)13-28/h2-8,14H,9-13,15,28H2,1H3,(H,29,30,31). The molecule has 1 saturated heterocycles. The fourth-order valence-corrected chi connectivity index (χ4v) is 5.11. The van der Waals surface area contributed by atoms with Crippen molar-refractivity contribution in [3.05, 3.63) is 64.3 Å². The van der Waals surface area contributed by atoms with E-state index in [9.17, 15) is 9.59 Å². The number of hydrogen-bond donors (Lipinski definition) is 2. The molecule has 0 unspecified atom stereocenters. The number of hydrogen-bond acceptors (Lipinski definition) is 8. The molecule has 0 bridgehead atoms. The minimum Gasteiger partial charge on any atom is -0.368 e. The molecule has 2 aromatic carbocycles. The molecule has 0 radical (unpaired) electrons. The van der Waals surface area contributed by atoms with Gasteiger partial charge in [-0.05, 0) is 36.4 Å². The van der Waals surface area contributed by atoms with E-state index in [-0.39, 0.29) is 25.0 Å². The van der Waals surface area contributed by atoms with E-state index in [4.69, 9.17) is 28.9 Å². The summed E-state index contributed by atoms with van der Waals surface area (Å²) in [7, 11) is 1.84. The molecule has 2 aliphatic rings. The third-order valence-corrected chi connectivity index (χ3v) is 7.07. The predicted molar refractivity (Wildman–Crippen MR) is 146 cm³/mol. The van der Waals surface area contributed by atoms with Crippen LogP contribution < -0.4 is 25.8 Å². The van der Waals surface area contributed by atoms with Gasteiger partial charge in [0.25, 0.3) is 5.91 Å². The first-order valence-electron chi connectivity index (χ1n) is 11.8. The maximum absolute atomic E-state index is 13.2. The molecule has 1 fully saturated rings. The SMILES string of the molecule is CN1CN(c2c(Cl)cccc2Cl)C(=O)c2cnc(Nc3ccc(N4CCN(C(=O)CN)CC4)cc3)nc21. The number of nitrogens with one attached hydrogen (secondary N) is 1. The Morgan fingerprint density at radius 3 is 2.38 bits per heavy atom. The average molecular weight is 541 g/mol. The molecule has 3 aromatic rings. The van der Waals surface area contributed by atoms with E-state index in [1.165, 1.54) is 11.1 Å². The van der Waals surface area contributed by atoms with E-state index in [1.54, 1.807) is 23.1 Å². The maximum atomic E-state index is 13.2. The summed E-state index contributed by atoms with van der Waals surface area (Å²) >= 11 is 12.7. The first-order chi connectivity index (χ1) is 17.9. The lowest BCUT2D eigenvalue weighted by molar-refractivity contribution is -0.129. The minimum atomic E-state index is -0.271. The topological polar surface area (TPSA) is 111 Å². The van der Waals surface area contributed by atoms with E-state index in [0.29, 0.717) is 46.2 Å². The van der Waals surface area contributed by atoms with Gasteiger partial charge in [-0.15, -0.1) is 0 Å². The molecule has 3 heterocycles. The van der Waals surface area contributed by atoms with Crippen molar-refractivity contribution in [3.63, 3.8) is 0 Å². The molecular formula is C25H26Cl2N8O2. The Morgan fingerprint density at radius 1 is 1.05 bits per heavy atom. The van der Waals surface area contributed by atoms with Crippen LogP contribution in [0.4, 0.5) is 28.8 Å². The molecule has 2 amide bonds. The first kappa shape index (κ1) is 25.1. The van der Waals surface area contributed by atoms with Gasteiger partial charge in [0.2, 0.25) is 11.9 Å². The third kappa shape index (κ3) is 5.00. The number of nitrogens with two attached hydrogens (primary N) is 1. The summed E-state index contributed by atoms with van der Waals surface area (Å²) < 4.78 is 0. The summed E-state index contributed by atoms with van der Waals surface area (Å²) in [6.45, 7) is 3.11. The minimum absolute atomic E-state index is 0.0167. The number of halogens is 2. The lowest BCUT2D eigenvalue weighted by atomic mass is 10.2. The molecule has 3 N–H and O–H groups in total. The van der Waals surface area contributed by atoms with Crippen molar-refractivity contribution in [2.24, 2.45) is 5.73 Å². The highest BCUT2D eigenvalue weighted by molar-refractivity contribution is 6.40. The van der Waals surface area contributed by atoms with Crippen molar-refractivity contribution in [2.45, 2.75) is 0 Å². The number of aromatic nitrogens is 2. The van der Waals surface area contributed by atoms with Crippen LogP contribution in [0.3, 0.4) is 0 Å². The molecule has 0 spiro atoms. The van der Waals surface area contributed by atoms with Gasteiger partial charge in [-0.25, -0.2) is 4.98 Å². The fourth-order valence-electron chi connectivity index (χ4n) is 4.51. The van der Waals surface area contributed by atoms with Crippen molar-refractivity contribution in [1.82, 2.24) is 14.9 Å². The van der Waals surface area contributed by atoms with E-state index in [0.717, 1.165) is 24.5 Å². The number of carbonyl (C=O) groups is 2. The molecule has 2 aliphatic heterocycles. The van der Waals surface area contributed by atoms with Crippen LogP contribution in [0.1, 0.15) is 10.4 Å². The third-order valence-electron chi connectivity index (χ3n) is 6.46. The van der Waals surface area contributed by atoms with Gasteiger partial charge in [0.15, 0.2) is 0 Å². The Kier molecular flexibility index (Phi) is 7.05. The summed E-state index contributed by atoms with van der Waals surface area (Å²) in [4.78, 5) is 41.4. The maximum Gasteiger partial charge on any atom is 0.265 e. The molecular weight excluding hydrogens is 515 g/mol. The summed E-state index contributed by atoms with van der Waals surface area (Å²) in [5.41, 5.74) is 8.17. The summed E-state index contributed by atoms with van der Waals surface area (Å²) in [5.74, 6) is 0.608. The average Bonchev–Trinajstić information content (AvgIpc) is 2.91. The van der Waals surface area contributed by atoms with Gasteiger partial charge in [0, 0.05) is 50.8 Å². The molecule has 5 rings (SSSR count). The highest BCUT2D eigenvalue weighted by Crippen LogP contribution is 2.37. The molecule has 10 nitrogen and oxygen atoms in total. The summed E-state index contributed by atoms with van der Waals surface area (Å²) in [6, 6.07) is 13.1. The van der Waals surface area contributed by atoms with Crippen molar-refractivity contribution < 1.29 is 9.59 Å². The Labute approximate surface area is 224 Å². The van der Waals surface area contributed by atoms with Gasteiger partial charge in [-0.3, -0.25) is 14.5 Å². The zero-order valence-corrected chi connectivity index (χ0v) is 21.7. The number of benzene rings is 2. The van der Waals surface area contributed by atoms with Crippen molar-refractivity contribution in [2.75, 3.05) is 66.5 Å². The molecule has 0 aliphatic carbocycles. The normalized spacial score (nSPS) is 15.6. The molecule has 37 heavy (non-hydrogen) atoms. The number of rotatable bonds is 5. The monoisotopic (exact) mass is 540 g/mol. The predicted octanol–water partition coefficient (Wildman–Crippen LogP) is 3.19. The van der Waals surface area contributed by atoms with Crippen LogP contribution in [-0.4, -0.2) is 73.1 Å². The highest BCUT2D eigenvalue weighted by atomic mass is 35.5. The van der Waals surface area contributed by atoms with Gasteiger partial charge in [0.1, 0.15) is 11.4 Å². The first-order valence-corrected chi connectivity index (χ1v) is 12.5. The second-order valence-electron chi connectivity index (χ2n) is 8.82. The molecule has 0 atom stereocenters. The van der Waals surface area contributed by atoms with Crippen molar-refractivity contribution in [1.29, 1.82) is 0 Å². The highest BCUT2D eigenvalue weighted by Gasteiger charge is 2.32. The van der Waals surface area contributed by atoms with Crippen molar-refractivity contribution in [3.8, 4) is 0 Å². The second kappa shape index (κ2) is 10.4. The Balaban J connectivity index is 1.28. The fraction of sp³-hybridized carbons (Fsp3) is 0.280. The number of nitrogens with zero attached hydrogens (tertiary/aromatic N) is 6. The van der Waals surface area contributed by atoms with Crippen LogP contribution in [0.5, 0.6) is 0 Å². The summed E-state index contributed by atoms with van der Waals surface area (Å²) in [5, 5.41) is 4.00. The van der Waals surface area contributed by atoms with Crippen LogP contribution in [0.25, 0.3) is 0 Å². The number of fused-ring (bicyclic) bond motifs is 1. The number of anilines is 5. The van der Waals surface area contributed by atoms with Crippen LogP contribution in [-0.2, 0) is 4.79 Å². The largest absolute Gasteiger partial charge is 0.368 e. The van der Waals surface area contributed by atoms with Crippen LogP contribution in [0, 0.1) is 0 Å². The second-order valence-corrected chi connectivity index (χ2v) is 9.63. The quantitative estimate of drug-likeness (QED) is 0.507. The smallest absolute Gasteiger partial charge is 0.265 e. The molecule has 12 heteroatoms. The van der Waals surface area contributed by atoms with Gasteiger partial charge in [0.05, 0.1) is 28.9 Å². The Hall–Kier alpha value is -3.60. The zero-order valence-electron chi connectivity index (χ0n) is 20.2. The van der Waals surface area contributed by atoms with Gasteiger partial charge in [-0.1, -0.05) is 29.3 Å². The lowest BCUT2D eigenvalue weighted by Gasteiger charge is -2.36. The van der Waals surface area contributed by atoms with E-state index >= 15 is 0 Å². The van der Waals surface area contributed by atoms with Gasteiger partial charge in [-0.2, -0.15) is 4.98 Å². The number of para-hydroxylation sites is 1. The number of piperazine rings is 1. The Morgan fingerprint density at radius 2 is 1.73 bits per heavy atom. The van der Waals surface area contributed by atoms with Crippen LogP contribution in [0.15, 0.2) is 48.7 Å². The lowest BCUT2D eigenvalue weighted by Crippen LogP contribution is -2.50. The number of amides is 2. The van der Waals surface area contributed by atoms with E-state index in [2.05, 4.69) is 20.2 Å². The van der Waals surface area contributed by atoms with Crippen molar-refractivity contribution >= 4 is 63.8 Å². The summed E-state index contributed by atoms with van der Waals surface area (Å²) in [6.07, 6.45) is 1.51.